The van der Waals surface area contributed by atoms with Gasteiger partial charge in [-0.25, -0.2) is 9.78 Å². The number of carbonyl (C=O) groups is 1. The van der Waals surface area contributed by atoms with Crippen molar-refractivity contribution in [3.05, 3.63) is 48.5 Å². The molecule has 6 nitrogen and oxygen atoms in total. The lowest BCUT2D eigenvalue weighted by atomic mass is 10.0. The number of likely N-dealkylation sites (tertiary alicyclic amines) is 1. The number of hydrogen-bond acceptors (Lipinski definition) is 4. The van der Waals surface area contributed by atoms with Gasteiger partial charge in [0.05, 0.1) is 11.0 Å². The molecule has 1 amide bonds. The summed E-state index contributed by atoms with van der Waals surface area (Å²) in [5.74, 6) is 1.85. The third-order valence-electron chi connectivity index (χ3n) is 6.01. The van der Waals surface area contributed by atoms with Crippen LogP contribution in [0.15, 0.2) is 48.5 Å². The van der Waals surface area contributed by atoms with E-state index in [0.29, 0.717) is 11.8 Å². The molecule has 2 aliphatic heterocycles. The first-order valence-electron chi connectivity index (χ1n) is 10.6. The third-order valence-corrected chi connectivity index (χ3v) is 6.01. The molecular weight excluding hydrogens is 376 g/mol. The quantitative estimate of drug-likeness (QED) is 0.682. The van der Waals surface area contributed by atoms with E-state index in [2.05, 4.69) is 52.3 Å². The largest absolute Gasteiger partial charge is 0.444 e. The van der Waals surface area contributed by atoms with Crippen molar-refractivity contribution in [2.45, 2.75) is 26.4 Å². The Hall–Kier alpha value is -3.02. The van der Waals surface area contributed by atoms with Gasteiger partial charge in [-0.3, -0.25) is 0 Å². The molecule has 2 saturated heterocycles. The maximum Gasteiger partial charge on any atom is 0.410 e. The zero-order valence-electron chi connectivity index (χ0n) is 17.8. The molecule has 0 bridgehead atoms. The predicted molar refractivity (Wildman–Crippen MR) is 119 cm³/mol. The molecule has 3 heterocycles. The van der Waals surface area contributed by atoms with E-state index in [0.717, 1.165) is 43.2 Å². The van der Waals surface area contributed by atoms with Crippen molar-refractivity contribution in [1.29, 1.82) is 0 Å². The highest BCUT2D eigenvalue weighted by Crippen LogP contribution is 2.34. The SMILES string of the molecule is CC(C)(C)OC(=O)N1CC2CN(c3nc4ccc(-c5ccccc5)cc4[nH]3)CC2C1. The van der Waals surface area contributed by atoms with E-state index < -0.39 is 5.60 Å². The fourth-order valence-electron chi connectivity index (χ4n) is 4.60. The Morgan fingerprint density at radius 3 is 2.37 bits per heavy atom. The summed E-state index contributed by atoms with van der Waals surface area (Å²) in [4.78, 5) is 24.9. The zero-order valence-corrected chi connectivity index (χ0v) is 17.8. The molecule has 1 N–H and O–H groups in total. The first-order valence-corrected chi connectivity index (χ1v) is 10.6. The Labute approximate surface area is 176 Å². The molecule has 2 atom stereocenters. The lowest BCUT2D eigenvalue weighted by molar-refractivity contribution is 0.0282. The van der Waals surface area contributed by atoms with Gasteiger partial charge in [-0.1, -0.05) is 36.4 Å². The molecule has 0 radical (unpaired) electrons. The van der Waals surface area contributed by atoms with Gasteiger partial charge < -0.3 is 19.5 Å². The second kappa shape index (κ2) is 7.04. The lowest BCUT2D eigenvalue weighted by Crippen LogP contribution is -2.37. The van der Waals surface area contributed by atoms with Crippen LogP contribution in [-0.4, -0.2) is 52.7 Å². The molecule has 156 valence electrons. The summed E-state index contributed by atoms with van der Waals surface area (Å²) in [5, 5.41) is 0. The van der Waals surface area contributed by atoms with Crippen molar-refractivity contribution >= 4 is 23.1 Å². The molecule has 6 heteroatoms. The van der Waals surface area contributed by atoms with Crippen molar-refractivity contribution in [2.24, 2.45) is 11.8 Å². The number of H-pyrrole nitrogens is 1. The molecule has 30 heavy (non-hydrogen) atoms. The third kappa shape index (κ3) is 3.62. The average Bonchev–Trinajstić information content (AvgIpc) is 3.39. The summed E-state index contributed by atoms with van der Waals surface area (Å²) in [6.45, 7) is 9.07. The van der Waals surface area contributed by atoms with Crippen LogP contribution in [0.25, 0.3) is 22.2 Å². The van der Waals surface area contributed by atoms with Crippen LogP contribution in [0.5, 0.6) is 0 Å². The van der Waals surface area contributed by atoms with Gasteiger partial charge in [-0.15, -0.1) is 0 Å². The number of anilines is 1. The summed E-state index contributed by atoms with van der Waals surface area (Å²) in [5.41, 5.74) is 3.97. The van der Waals surface area contributed by atoms with Gasteiger partial charge in [-0.2, -0.15) is 0 Å². The number of ether oxygens (including phenoxy) is 1. The van der Waals surface area contributed by atoms with Crippen molar-refractivity contribution in [3.8, 4) is 11.1 Å². The van der Waals surface area contributed by atoms with Crippen molar-refractivity contribution in [1.82, 2.24) is 14.9 Å². The number of carbonyl (C=O) groups excluding carboxylic acids is 1. The van der Waals surface area contributed by atoms with Crippen molar-refractivity contribution < 1.29 is 9.53 Å². The van der Waals surface area contributed by atoms with Crippen molar-refractivity contribution in [3.63, 3.8) is 0 Å². The minimum atomic E-state index is -0.451. The van der Waals surface area contributed by atoms with Gasteiger partial charge in [0.15, 0.2) is 0 Å². The fraction of sp³-hybridized carbons (Fsp3) is 0.417. The Morgan fingerprint density at radius 1 is 1.00 bits per heavy atom. The van der Waals surface area contributed by atoms with E-state index in [9.17, 15) is 4.79 Å². The Kier molecular flexibility index (Phi) is 4.45. The standard InChI is InChI=1S/C24H28N4O2/c1-24(2,3)30-23(29)28-14-18-12-27(13-19(18)15-28)22-25-20-10-9-17(11-21(20)26-22)16-7-5-4-6-8-16/h4-11,18-19H,12-15H2,1-3H3,(H,25,26). The summed E-state index contributed by atoms with van der Waals surface area (Å²) in [6, 6.07) is 16.8. The van der Waals surface area contributed by atoms with Gasteiger partial charge in [-0.05, 0) is 44.0 Å². The first-order chi connectivity index (χ1) is 14.4. The van der Waals surface area contributed by atoms with Crippen LogP contribution in [0, 0.1) is 11.8 Å². The molecule has 2 unspecified atom stereocenters. The van der Waals surface area contributed by atoms with Gasteiger partial charge in [0.25, 0.3) is 0 Å². The number of imidazole rings is 1. The summed E-state index contributed by atoms with van der Waals surface area (Å²) in [6.07, 6.45) is -0.194. The Morgan fingerprint density at radius 2 is 1.70 bits per heavy atom. The van der Waals surface area contributed by atoms with Gasteiger partial charge in [0, 0.05) is 38.0 Å². The van der Waals surface area contributed by atoms with E-state index >= 15 is 0 Å². The number of nitrogens with zero attached hydrogens (tertiary/aromatic N) is 3. The van der Waals surface area contributed by atoms with Crippen LogP contribution in [0.2, 0.25) is 0 Å². The molecule has 0 aliphatic carbocycles. The van der Waals surface area contributed by atoms with Crippen LogP contribution < -0.4 is 4.90 Å². The fourth-order valence-corrected chi connectivity index (χ4v) is 4.60. The zero-order chi connectivity index (χ0) is 20.9. The molecule has 2 fully saturated rings. The highest BCUT2D eigenvalue weighted by atomic mass is 16.6. The smallest absolute Gasteiger partial charge is 0.410 e. The molecule has 1 aromatic heterocycles. The number of aromatic amines is 1. The first kappa shape index (κ1) is 19.0. The van der Waals surface area contributed by atoms with Crippen molar-refractivity contribution in [2.75, 3.05) is 31.1 Å². The monoisotopic (exact) mass is 404 g/mol. The van der Waals surface area contributed by atoms with E-state index in [4.69, 9.17) is 9.72 Å². The Balaban J connectivity index is 1.29. The lowest BCUT2D eigenvalue weighted by Gasteiger charge is -2.26. The van der Waals surface area contributed by atoms with Crippen LogP contribution in [0.1, 0.15) is 20.8 Å². The van der Waals surface area contributed by atoms with Gasteiger partial charge in [0.2, 0.25) is 5.95 Å². The van der Waals surface area contributed by atoms with Crippen LogP contribution in [0.4, 0.5) is 10.7 Å². The Bertz CT molecular complexity index is 1060. The average molecular weight is 405 g/mol. The van der Waals surface area contributed by atoms with Crippen LogP contribution >= 0.6 is 0 Å². The summed E-state index contributed by atoms with van der Waals surface area (Å²) < 4.78 is 5.54. The van der Waals surface area contributed by atoms with Crippen LogP contribution in [0.3, 0.4) is 0 Å². The molecular formula is C24H28N4O2. The molecule has 5 rings (SSSR count). The minimum absolute atomic E-state index is 0.194. The number of amides is 1. The highest BCUT2D eigenvalue weighted by Gasteiger charge is 2.43. The second-order valence-corrected chi connectivity index (χ2v) is 9.47. The number of nitrogens with one attached hydrogen (secondary N) is 1. The minimum Gasteiger partial charge on any atom is -0.444 e. The maximum absolute atomic E-state index is 12.4. The topological polar surface area (TPSA) is 61.5 Å². The normalized spacial score (nSPS) is 21.3. The molecule has 2 aromatic carbocycles. The van der Waals surface area contributed by atoms with E-state index in [1.54, 1.807) is 0 Å². The second-order valence-electron chi connectivity index (χ2n) is 9.47. The summed E-state index contributed by atoms with van der Waals surface area (Å²) >= 11 is 0. The van der Waals surface area contributed by atoms with Crippen LogP contribution in [-0.2, 0) is 4.74 Å². The number of fused-ring (bicyclic) bond motifs is 2. The molecule has 3 aromatic rings. The van der Waals surface area contributed by atoms with Gasteiger partial charge >= 0.3 is 6.09 Å². The summed E-state index contributed by atoms with van der Waals surface area (Å²) in [7, 11) is 0. The highest BCUT2D eigenvalue weighted by molar-refractivity contribution is 5.83. The predicted octanol–water partition coefficient (Wildman–Crippen LogP) is 4.53. The van der Waals surface area contributed by atoms with E-state index in [-0.39, 0.29) is 6.09 Å². The molecule has 2 aliphatic rings. The molecule has 0 saturated carbocycles. The maximum atomic E-state index is 12.4. The number of rotatable bonds is 2. The van der Waals surface area contributed by atoms with Gasteiger partial charge in [0.1, 0.15) is 5.60 Å². The molecule has 0 spiro atoms. The number of hydrogen-bond donors (Lipinski definition) is 1. The van der Waals surface area contributed by atoms with E-state index in [1.807, 2.05) is 31.7 Å². The number of benzene rings is 2. The van der Waals surface area contributed by atoms with E-state index in [1.165, 1.54) is 11.1 Å². The number of aromatic nitrogens is 2.